The predicted molar refractivity (Wildman–Crippen MR) is 37.9 cm³/mol. The predicted octanol–water partition coefficient (Wildman–Crippen LogP) is 1.54. The summed E-state index contributed by atoms with van der Waals surface area (Å²) in [5.74, 6) is 0. The topological polar surface area (TPSA) is 0 Å². The second-order valence-corrected chi connectivity index (χ2v) is 4.25. The quantitative estimate of drug-likeness (QED) is 0.636. The second kappa shape index (κ2) is 3.28. The average molecular weight is 225 g/mol. The summed E-state index contributed by atoms with van der Waals surface area (Å²) in [6, 6.07) is 7.92. The van der Waals surface area contributed by atoms with E-state index in [2.05, 4.69) is 0 Å². The van der Waals surface area contributed by atoms with E-state index < -0.39 is 20.0 Å². The van der Waals surface area contributed by atoms with Crippen LogP contribution in [-0.4, -0.2) is 20.0 Å². The molecule has 0 saturated carbocycles. The van der Waals surface area contributed by atoms with Crippen LogP contribution in [0.4, 0.5) is 13.2 Å². The zero-order valence-corrected chi connectivity index (χ0v) is 7.14. The first-order valence-electron chi connectivity index (χ1n) is 2.89. The molecule has 1 aromatic carbocycles. The Morgan fingerprint density at radius 2 is 1.55 bits per heavy atom. The van der Waals surface area contributed by atoms with E-state index in [9.17, 15) is 13.2 Å². The van der Waals surface area contributed by atoms with E-state index in [1.54, 1.807) is 18.2 Å². The summed E-state index contributed by atoms with van der Waals surface area (Å²) in [4.78, 5) is 0. The van der Waals surface area contributed by atoms with Gasteiger partial charge in [-0.05, 0) is 0 Å². The fourth-order valence-corrected chi connectivity index (χ4v) is 1.80. The number of benzene rings is 1. The first kappa shape index (κ1) is 8.62. The fourth-order valence-electron chi connectivity index (χ4n) is 0.622. The van der Waals surface area contributed by atoms with Crippen molar-refractivity contribution in [2.24, 2.45) is 0 Å². The Morgan fingerprint density at radius 3 is 2.00 bits per heavy atom. The van der Waals surface area contributed by atoms with Crippen LogP contribution in [0.1, 0.15) is 0 Å². The Balaban J connectivity index is 2.66. The molecule has 0 heterocycles. The molecule has 0 N–H and O–H groups in total. The van der Waals surface area contributed by atoms with Crippen molar-refractivity contribution in [2.45, 2.75) is 5.07 Å². The van der Waals surface area contributed by atoms with Gasteiger partial charge in [-0.25, -0.2) is 0 Å². The Kier molecular flexibility index (Phi) is 2.57. The summed E-state index contributed by atoms with van der Waals surface area (Å²) in [5.41, 5.74) is 0. The van der Waals surface area contributed by atoms with Crippen LogP contribution in [-0.2, 0) is 0 Å². The van der Waals surface area contributed by atoms with Crippen LogP contribution >= 0.6 is 0 Å². The molecule has 4 heteroatoms. The average Bonchev–Trinajstić information content (AvgIpc) is 1.85. The summed E-state index contributed by atoms with van der Waals surface area (Å²) < 4.78 is 35.7. The molecule has 0 aliphatic carbocycles. The SMILES string of the molecule is FC(F)(F)[Se]c1ccccc1. The normalized spacial score (nSPS) is 11.5. The summed E-state index contributed by atoms with van der Waals surface area (Å²) >= 11 is -1.39. The number of alkyl halides is 3. The molecule has 0 unspecified atom stereocenters. The minimum atomic E-state index is -4.03. The maximum absolute atomic E-state index is 11.8. The Hall–Kier alpha value is -0.471. The van der Waals surface area contributed by atoms with Crippen molar-refractivity contribution >= 4 is 19.4 Å². The van der Waals surface area contributed by atoms with E-state index in [4.69, 9.17) is 0 Å². The Morgan fingerprint density at radius 1 is 1.00 bits per heavy atom. The van der Waals surface area contributed by atoms with Crippen LogP contribution in [0, 0.1) is 0 Å². The third-order valence-corrected chi connectivity index (χ3v) is 2.53. The van der Waals surface area contributed by atoms with Crippen molar-refractivity contribution in [3.05, 3.63) is 30.3 Å². The first-order valence-corrected chi connectivity index (χ1v) is 4.60. The van der Waals surface area contributed by atoms with E-state index in [-0.39, 0.29) is 0 Å². The molecule has 0 fully saturated rings. The van der Waals surface area contributed by atoms with Crippen LogP contribution < -0.4 is 4.46 Å². The van der Waals surface area contributed by atoms with Crippen molar-refractivity contribution in [1.29, 1.82) is 0 Å². The van der Waals surface area contributed by atoms with Crippen molar-refractivity contribution in [3.8, 4) is 0 Å². The van der Waals surface area contributed by atoms with Gasteiger partial charge < -0.3 is 0 Å². The van der Waals surface area contributed by atoms with E-state index in [1.165, 1.54) is 12.1 Å². The van der Waals surface area contributed by atoms with Crippen LogP contribution in [0.25, 0.3) is 0 Å². The summed E-state index contributed by atoms with van der Waals surface area (Å²) in [6.45, 7) is 0. The molecule has 0 aliphatic heterocycles. The van der Waals surface area contributed by atoms with Crippen molar-refractivity contribution < 1.29 is 13.2 Å². The van der Waals surface area contributed by atoms with E-state index in [1.807, 2.05) is 0 Å². The molecule has 0 aliphatic rings. The van der Waals surface area contributed by atoms with Gasteiger partial charge in [0.05, 0.1) is 0 Å². The van der Waals surface area contributed by atoms with Crippen LogP contribution in [0.2, 0.25) is 0 Å². The molecule has 0 atom stereocenters. The van der Waals surface area contributed by atoms with Crippen molar-refractivity contribution in [2.75, 3.05) is 0 Å². The molecule has 1 aromatic rings. The van der Waals surface area contributed by atoms with Gasteiger partial charge in [-0.3, -0.25) is 0 Å². The van der Waals surface area contributed by atoms with Crippen LogP contribution in [0.5, 0.6) is 0 Å². The first-order chi connectivity index (χ1) is 5.08. The monoisotopic (exact) mass is 226 g/mol. The number of rotatable bonds is 1. The van der Waals surface area contributed by atoms with E-state index in [0.29, 0.717) is 4.46 Å². The molecule has 0 spiro atoms. The zero-order valence-electron chi connectivity index (χ0n) is 5.43. The van der Waals surface area contributed by atoms with Gasteiger partial charge in [0, 0.05) is 0 Å². The third kappa shape index (κ3) is 3.44. The molecular formula is C7H5F3Se. The third-order valence-electron chi connectivity index (χ3n) is 0.977. The molecule has 0 saturated heterocycles. The molecule has 0 aromatic heterocycles. The molecule has 0 radical (unpaired) electrons. The van der Waals surface area contributed by atoms with Crippen LogP contribution in [0.3, 0.4) is 0 Å². The van der Waals surface area contributed by atoms with Gasteiger partial charge in [0.25, 0.3) is 0 Å². The van der Waals surface area contributed by atoms with Gasteiger partial charge in [0.2, 0.25) is 0 Å². The molecule has 0 bridgehead atoms. The van der Waals surface area contributed by atoms with Gasteiger partial charge in [-0.2, -0.15) is 0 Å². The molecule has 60 valence electrons. The van der Waals surface area contributed by atoms with E-state index in [0.717, 1.165) is 0 Å². The molecule has 0 nitrogen and oxygen atoms in total. The van der Waals surface area contributed by atoms with Gasteiger partial charge in [-0.15, -0.1) is 0 Å². The van der Waals surface area contributed by atoms with Crippen molar-refractivity contribution in [1.82, 2.24) is 0 Å². The van der Waals surface area contributed by atoms with Gasteiger partial charge in [-0.1, -0.05) is 0 Å². The van der Waals surface area contributed by atoms with Gasteiger partial charge in [0.15, 0.2) is 0 Å². The second-order valence-electron chi connectivity index (χ2n) is 1.86. The zero-order chi connectivity index (χ0) is 8.32. The molecular weight excluding hydrogens is 220 g/mol. The minimum absolute atomic E-state index is 0.368. The summed E-state index contributed by atoms with van der Waals surface area (Å²) in [6.07, 6.45) is 0. The fraction of sp³-hybridized carbons (Fsp3) is 0.143. The standard InChI is InChI=1S/C7H5F3Se/c8-7(9,10)11-6-4-2-1-3-5-6/h1-5H. The van der Waals surface area contributed by atoms with Gasteiger partial charge in [0.1, 0.15) is 0 Å². The number of halogens is 3. The summed E-state index contributed by atoms with van der Waals surface area (Å²) in [5, 5.41) is -4.03. The summed E-state index contributed by atoms with van der Waals surface area (Å²) in [7, 11) is 0. The number of hydrogen-bond donors (Lipinski definition) is 0. The van der Waals surface area contributed by atoms with Crippen LogP contribution in [0.15, 0.2) is 30.3 Å². The molecule has 0 amide bonds. The van der Waals surface area contributed by atoms with Gasteiger partial charge >= 0.3 is 68.0 Å². The van der Waals surface area contributed by atoms with E-state index >= 15 is 0 Å². The number of hydrogen-bond acceptors (Lipinski definition) is 0. The Bertz CT molecular complexity index is 217. The van der Waals surface area contributed by atoms with Crippen molar-refractivity contribution in [3.63, 3.8) is 0 Å². The maximum atomic E-state index is 11.8. The molecule has 1 rings (SSSR count). The Labute approximate surface area is 68.6 Å². The molecule has 11 heavy (non-hydrogen) atoms.